The first kappa shape index (κ1) is 19.6. The molecule has 1 amide bonds. The number of thiophene rings is 1. The smallest absolute Gasteiger partial charge is 0.263 e. The van der Waals surface area contributed by atoms with Crippen LogP contribution in [0.4, 0.5) is 15.8 Å². The van der Waals surface area contributed by atoms with E-state index in [2.05, 4.69) is 15.2 Å². The van der Waals surface area contributed by atoms with Gasteiger partial charge in [0, 0.05) is 36.4 Å². The number of halogens is 1. The van der Waals surface area contributed by atoms with E-state index < -0.39 is 0 Å². The molecule has 7 heteroatoms. The maximum Gasteiger partial charge on any atom is 0.263 e. The number of nitrogens with zero attached hydrogens (tertiary/aromatic N) is 2. The fourth-order valence-electron chi connectivity index (χ4n) is 3.74. The number of carbonyl (C=O) groups is 1. The molecule has 0 unspecified atom stereocenters. The number of benzene rings is 1. The van der Waals surface area contributed by atoms with Crippen LogP contribution in [-0.4, -0.2) is 30.5 Å². The summed E-state index contributed by atoms with van der Waals surface area (Å²) in [5, 5.41) is 3.65. The molecule has 2 aromatic heterocycles. The molecule has 29 heavy (non-hydrogen) atoms. The van der Waals surface area contributed by atoms with Crippen LogP contribution in [0.15, 0.2) is 30.3 Å². The fourth-order valence-corrected chi connectivity index (χ4v) is 4.79. The summed E-state index contributed by atoms with van der Waals surface area (Å²) in [5.74, 6) is -0.461. The van der Waals surface area contributed by atoms with Crippen molar-refractivity contribution < 1.29 is 9.18 Å². The van der Waals surface area contributed by atoms with Crippen molar-refractivity contribution in [2.75, 3.05) is 30.3 Å². The average Bonchev–Trinajstić information content (AvgIpc) is 3.05. The van der Waals surface area contributed by atoms with Crippen molar-refractivity contribution in [1.29, 1.82) is 0 Å². The van der Waals surface area contributed by atoms with E-state index in [1.54, 1.807) is 6.07 Å². The zero-order chi connectivity index (χ0) is 20.4. The lowest BCUT2D eigenvalue weighted by Crippen LogP contribution is -2.29. The molecule has 0 radical (unpaired) electrons. The number of nitrogen functional groups attached to an aromatic ring is 1. The highest BCUT2D eigenvalue weighted by atomic mass is 32.1. The van der Waals surface area contributed by atoms with Gasteiger partial charge in [-0.15, -0.1) is 11.3 Å². The molecule has 1 aliphatic rings. The number of hydrogen-bond acceptors (Lipinski definition) is 5. The SMILES string of the molecule is Cc1ccc2c(N)c(C(=O)NCCc3ccc(N4CCCCC4)cc3F)sc2n1. The molecular weight excluding hydrogens is 387 g/mol. The Morgan fingerprint density at radius 1 is 1.24 bits per heavy atom. The molecule has 0 atom stereocenters. The number of aryl methyl sites for hydroxylation is 1. The second kappa shape index (κ2) is 8.37. The first-order chi connectivity index (χ1) is 14.0. The van der Waals surface area contributed by atoms with Crippen LogP contribution in [-0.2, 0) is 6.42 Å². The van der Waals surface area contributed by atoms with Gasteiger partial charge < -0.3 is 16.0 Å². The van der Waals surface area contributed by atoms with Gasteiger partial charge in [0.05, 0.1) is 5.69 Å². The Kier molecular flexibility index (Phi) is 5.67. The number of amides is 1. The van der Waals surface area contributed by atoms with E-state index >= 15 is 0 Å². The van der Waals surface area contributed by atoms with Crippen LogP contribution in [0.1, 0.15) is 40.2 Å². The van der Waals surface area contributed by atoms with Gasteiger partial charge >= 0.3 is 0 Å². The van der Waals surface area contributed by atoms with E-state index in [0.717, 1.165) is 47.5 Å². The number of pyridine rings is 1. The first-order valence-corrected chi connectivity index (χ1v) is 10.8. The lowest BCUT2D eigenvalue weighted by atomic mass is 10.1. The summed E-state index contributed by atoms with van der Waals surface area (Å²) < 4.78 is 14.5. The van der Waals surface area contributed by atoms with E-state index in [1.807, 2.05) is 31.2 Å². The molecule has 0 spiro atoms. The second-order valence-electron chi connectivity index (χ2n) is 7.48. The van der Waals surface area contributed by atoms with Crippen molar-refractivity contribution in [2.45, 2.75) is 32.6 Å². The molecule has 1 aromatic carbocycles. The fraction of sp³-hybridized carbons (Fsp3) is 0.364. The molecule has 1 fully saturated rings. The largest absolute Gasteiger partial charge is 0.397 e. The van der Waals surface area contributed by atoms with Gasteiger partial charge in [0.15, 0.2) is 0 Å². The number of aromatic nitrogens is 1. The number of anilines is 2. The summed E-state index contributed by atoms with van der Waals surface area (Å²) in [7, 11) is 0. The van der Waals surface area contributed by atoms with Gasteiger partial charge in [-0.25, -0.2) is 9.37 Å². The number of fused-ring (bicyclic) bond motifs is 1. The van der Waals surface area contributed by atoms with Gasteiger partial charge in [0.2, 0.25) is 0 Å². The number of hydrogen-bond donors (Lipinski definition) is 2. The van der Waals surface area contributed by atoms with Gasteiger partial charge in [-0.2, -0.15) is 0 Å². The Morgan fingerprint density at radius 2 is 2.03 bits per heavy atom. The van der Waals surface area contributed by atoms with Crippen molar-refractivity contribution in [3.05, 3.63) is 52.3 Å². The molecule has 4 rings (SSSR count). The van der Waals surface area contributed by atoms with E-state index in [4.69, 9.17) is 5.73 Å². The van der Waals surface area contributed by atoms with Gasteiger partial charge in [0.1, 0.15) is 15.5 Å². The van der Waals surface area contributed by atoms with E-state index in [-0.39, 0.29) is 11.7 Å². The zero-order valence-corrected chi connectivity index (χ0v) is 17.3. The number of rotatable bonds is 5. The topological polar surface area (TPSA) is 71.2 Å². The highest BCUT2D eigenvalue weighted by Crippen LogP contribution is 2.32. The number of carbonyl (C=O) groups excluding carboxylic acids is 1. The molecular formula is C22H25FN4OS. The van der Waals surface area contributed by atoms with Gasteiger partial charge in [-0.1, -0.05) is 6.07 Å². The van der Waals surface area contributed by atoms with Crippen LogP contribution in [0.25, 0.3) is 10.2 Å². The predicted octanol–water partition coefficient (Wildman–Crippen LogP) is 4.29. The van der Waals surface area contributed by atoms with Crippen LogP contribution >= 0.6 is 11.3 Å². The average molecular weight is 413 g/mol. The number of nitrogens with one attached hydrogen (secondary N) is 1. The Morgan fingerprint density at radius 3 is 2.79 bits per heavy atom. The minimum Gasteiger partial charge on any atom is -0.397 e. The van der Waals surface area contributed by atoms with Crippen molar-refractivity contribution in [1.82, 2.24) is 10.3 Å². The normalized spacial score (nSPS) is 14.3. The molecule has 1 saturated heterocycles. The Balaban J connectivity index is 1.38. The summed E-state index contributed by atoms with van der Waals surface area (Å²) in [5.41, 5.74) is 9.01. The molecule has 1 aliphatic heterocycles. The summed E-state index contributed by atoms with van der Waals surface area (Å²) in [6.07, 6.45) is 3.99. The van der Waals surface area contributed by atoms with E-state index in [0.29, 0.717) is 29.1 Å². The van der Waals surface area contributed by atoms with Crippen molar-refractivity contribution in [3.8, 4) is 0 Å². The number of piperidine rings is 1. The Labute approximate surface area is 173 Å². The Bertz CT molecular complexity index is 1040. The molecule has 5 nitrogen and oxygen atoms in total. The monoisotopic (exact) mass is 412 g/mol. The summed E-state index contributed by atoms with van der Waals surface area (Å²) in [4.78, 5) is 20.4. The molecule has 0 bridgehead atoms. The zero-order valence-electron chi connectivity index (χ0n) is 16.5. The first-order valence-electron chi connectivity index (χ1n) is 10.00. The maximum atomic E-state index is 14.5. The quantitative estimate of drug-likeness (QED) is 0.656. The van der Waals surface area contributed by atoms with E-state index in [9.17, 15) is 9.18 Å². The second-order valence-corrected chi connectivity index (χ2v) is 8.48. The Hall–Kier alpha value is -2.67. The van der Waals surface area contributed by atoms with Crippen molar-refractivity contribution in [3.63, 3.8) is 0 Å². The van der Waals surface area contributed by atoms with E-state index in [1.165, 1.54) is 17.8 Å². The van der Waals surface area contributed by atoms with Gasteiger partial charge in [-0.05, 0) is 62.4 Å². The van der Waals surface area contributed by atoms with Crippen LogP contribution in [0.3, 0.4) is 0 Å². The summed E-state index contributed by atoms with van der Waals surface area (Å²) in [6, 6.07) is 9.18. The third-order valence-electron chi connectivity index (χ3n) is 5.38. The molecule has 0 aliphatic carbocycles. The van der Waals surface area contributed by atoms with Crippen molar-refractivity contribution >= 4 is 38.8 Å². The molecule has 3 N–H and O–H groups in total. The van der Waals surface area contributed by atoms with Gasteiger partial charge in [0.25, 0.3) is 5.91 Å². The molecule has 3 heterocycles. The van der Waals surface area contributed by atoms with Crippen LogP contribution in [0, 0.1) is 12.7 Å². The minimum absolute atomic E-state index is 0.219. The van der Waals surface area contributed by atoms with Crippen LogP contribution in [0.2, 0.25) is 0 Å². The lowest BCUT2D eigenvalue weighted by molar-refractivity contribution is 0.0959. The molecule has 3 aromatic rings. The van der Waals surface area contributed by atoms with Gasteiger partial charge in [-0.3, -0.25) is 4.79 Å². The standard InChI is InChI=1S/C22H25FN4OS/c1-14-5-8-17-19(24)20(29-22(17)26-14)21(28)25-10-9-15-6-7-16(13-18(15)23)27-11-3-2-4-12-27/h5-8,13H,2-4,9-12,24H2,1H3,(H,25,28). The molecule has 152 valence electrons. The third-order valence-corrected chi connectivity index (χ3v) is 6.49. The molecule has 0 saturated carbocycles. The summed E-state index contributed by atoms with van der Waals surface area (Å²) in [6.45, 7) is 4.22. The predicted molar refractivity (Wildman–Crippen MR) is 117 cm³/mol. The lowest BCUT2D eigenvalue weighted by Gasteiger charge is -2.29. The highest BCUT2D eigenvalue weighted by Gasteiger charge is 2.17. The third kappa shape index (κ3) is 4.19. The highest BCUT2D eigenvalue weighted by molar-refractivity contribution is 7.21. The minimum atomic E-state index is -0.242. The summed E-state index contributed by atoms with van der Waals surface area (Å²) >= 11 is 1.29. The number of nitrogens with two attached hydrogens (primary N) is 1. The van der Waals surface area contributed by atoms with Crippen LogP contribution in [0.5, 0.6) is 0 Å². The maximum absolute atomic E-state index is 14.5. The van der Waals surface area contributed by atoms with Crippen LogP contribution < -0.4 is 16.0 Å². The van der Waals surface area contributed by atoms with Crippen molar-refractivity contribution in [2.24, 2.45) is 0 Å².